The fraction of sp³-hybridized carbons (Fsp3) is 0.286. The molecule has 0 spiro atoms. The van der Waals surface area contributed by atoms with Gasteiger partial charge in [0.15, 0.2) is 9.84 Å². The van der Waals surface area contributed by atoms with Crippen molar-refractivity contribution in [2.24, 2.45) is 0 Å². The van der Waals surface area contributed by atoms with E-state index >= 15 is 0 Å². The van der Waals surface area contributed by atoms with Crippen molar-refractivity contribution in [3.8, 4) is 0 Å². The Balaban J connectivity index is 2.17. The molecule has 2 aromatic rings. The summed E-state index contributed by atoms with van der Waals surface area (Å²) < 4.78 is 62.9. The normalized spacial score (nSPS) is 16.1. The maximum atomic E-state index is 12.8. The summed E-state index contributed by atoms with van der Waals surface area (Å²) in [5.74, 6) is -0.150. The van der Waals surface area contributed by atoms with Gasteiger partial charge in [-0.15, -0.1) is 0 Å². The Bertz CT molecular complexity index is 994. The highest BCUT2D eigenvalue weighted by atomic mass is 32.2. The molecule has 0 saturated carbocycles. The number of nitrogens with zero attached hydrogens (tertiary/aromatic N) is 3. The van der Waals surface area contributed by atoms with Gasteiger partial charge in [-0.1, -0.05) is 18.3 Å². The molecule has 3 rings (SSSR count). The van der Waals surface area contributed by atoms with E-state index in [0.29, 0.717) is 6.20 Å². The molecule has 0 bridgehead atoms. The number of sulfone groups is 1. The molecule has 0 saturated heterocycles. The molecule has 1 aliphatic heterocycles. The zero-order valence-electron chi connectivity index (χ0n) is 12.8. The van der Waals surface area contributed by atoms with Gasteiger partial charge in [0.2, 0.25) is 0 Å². The molecule has 2 aromatic heterocycles. The number of hydrogen-bond acceptors (Lipinski definition) is 7. The average Bonchev–Trinajstić information content (AvgIpc) is 2.96. The van der Waals surface area contributed by atoms with E-state index in [9.17, 15) is 26.8 Å². The van der Waals surface area contributed by atoms with E-state index in [1.54, 1.807) is 0 Å². The van der Waals surface area contributed by atoms with Crippen molar-refractivity contribution in [2.75, 3.05) is 12.3 Å². The SMILES string of the molecule is CCS(=O)(=O)C1=C(c2nc3cc(C(F)(F)F)cnc3s2)CN(O)C=C1. The summed E-state index contributed by atoms with van der Waals surface area (Å²) >= 11 is 0.972. The van der Waals surface area contributed by atoms with E-state index in [0.717, 1.165) is 22.5 Å². The highest BCUT2D eigenvalue weighted by Gasteiger charge is 2.32. The van der Waals surface area contributed by atoms with Gasteiger partial charge in [0.25, 0.3) is 0 Å². The molecule has 0 unspecified atom stereocenters. The van der Waals surface area contributed by atoms with Gasteiger partial charge in [-0.05, 0) is 12.1 Å². The summed E-state index contributed by atoms with van der Waals surface area (Å²) in [6.07, 6.45) is -1.38. The second-order valence-corrected chi connectivity index (χ2v) is 8.45. The van der Waals surface area contributed by atoms with Gasteiger partial charge in [0.05, 0.1) is 22.8 Å². The minimum atomic E-state index is -4.55. The zero-order valence-corrected chi connectivity index (χ0v) is 14.4. The molecule has 0 aromatic carbocycles. The number of pyridine rings is 1. The Morgan fingerprint density at radius 1 is 1.40 bits per heavy atom. The predicted molar refractivity (Wildman–Crippen MR) is 86.4 cm³/mol. The van der Waals surface area contributed by atoms with E-state index in [2.05, 4.69) is 9.97 Å². The number of allylic oxidation sites excluding steroid dienone is 1. The Kier molecular flexibility index (Phi) is 4.33. The van der Waals surface area contributed by atoms with Gasteiger partial charge in [0.1, 0.15) is 15.4 Å². The van der Waals surface area contributed by atoms with Crippen molar-refractivity contribution < 1.29 is 26.8 Å². The highest BCUT2D eigenvalue weighted by molar-refractivity contribution is 7.95. The molecule has 0 fully saturated rings. The van der Waals surface area contributed by atoms with E-state index in [1.807, 2.05) is 0 Å². The number of aromatic nitrogens is 2. The number of halogens is 3. The second kappa shape index (κ2) is 6.07. The first kappa shape index (κ1) is 17.8. The van der Waals surface area contributed by atoms with Crippen LogP contribution in [0.1, 0.15) is 17.5 Å². The van der Waals surface area contributed by atoms with Gasteiger partial charge in [-0.2, -0.15) is 13.2 Å². The molecule has 0 aliphatic carbocycles. The molecule has 6 nitrogen and oxygen atoms in total. The molecule has 0 radical (unpaired) electrons. The highest BCUT2D eigenvalue weighted by Crippen LogP contribution is 2.35. The van der Waals surface area contributed by atoms with Crippen LogP contribution < -0.4 is 0 Å². The summed E-state index contributed by atoms with van der Waals surface area (Å²) in [7, 11) is -3.59. The standard InChI is InChI=1S/C14H12F3N3O3S2/c1-2-25(22,23)11-3-4-20(21)7-9(11)12-19-10-5-8(14(15,16)17)6-18-13(10)24-12/h3-6,21H,2,7H2,1H3. The average molecular weight is 391 g/mol. The fourth-order valence-corrected chi connectivity index (χ4v) is 4.39. The number of thiazole rings is 1. The third-order valence-electron chi connectivity index (χ3n) is 3.56. The number of hydrogen-bond donors (Lipinski definition) is 1. The van der Waals surface area contributed by atoms with Crippen molar-refractivity contribution in [2.45, 2.75) is 13.1 Å². The van der Waals surface area contributed by atoms with E-state index in [-0.39, 0.29) is 38.1 Å². The third kappa shape index (κ3) is 3.39. The first-order chi connectivity index (χ1) is 11.6. The van der Waals surface area contributed by atoms with Crippen molar-refractivity contribution in [1.29, 1.82) is 0 Å². The Morgan fingerprint density at radius 2 is 2.12 bits per heavy atom. The fourth-order valence-electron chi connectivity index (χ4n) is 2.27. The van der Waals surface area contributed by atoms with E-state index in [4.69, 9.17) is 0 Å². The lowest BCUT2D eigenvalue weighted by Gasteiger charge is -2.20. The molecule has 0 amide bonds. The molecular weight excluding hydrogens is 379 g/mol. The van der Waals surface area contributed by atoms with Gasteiger partial charge < -0.3 is 0 Å². The number of fused-ring (bicyclic) bond motifs is 1. The summed E-state index contributed by atoms with van der Waals surface area (Å²) in [4.78, 5) is 8.11. The van der Waals surface area contributed by atoms with Crippen molar-refractivity contribution in [1.82, 2.24) is 15.0 Å². The number of hydroxylamine groups is 2. The van der Waals surface area contributed by atoms with E-state index in [1.165, 1.54) is 19.2 Å². The molecule has 11 heteroatoms. The van der Waals surface area contributed by atoms with Crippen LogP contribution >= 0.6 is 11.3 Å². The minimum absolute atomic E-state index is 0.00426. The molecular formula is C14H12F3N3O3S2. The van der Waals surface area contributed by atoms with Crippen molar-refractivity contribution in [3.63, 3.8) is 0 Å². The topological polar surface area (TPSA) is 83.4 Å². The predicted octanol–water partition coefficient (Wildman–Crippen LogP) is 3.07. The Labute approximate surface area is 144 Å². The first-order valence-corrected chi connectivity index (χ1v) is 9.52. The largest absolute Gasteiger partial charge is 0.417 e. The second-order valence-electron chi connectivity index (χ2n) is 5.22. The minimum Gasteiger partial charge on any atom is -0.289 e. The molecule has 1 aliphatic rings. The van der Waals surface area contributed by atoms with Gasteiger partial charge in [-0.3, -0.25) is 10.3 Å². The van der Waals surface area contributed by atoms with Crippen LogP contribution in [0.3, 0.4) is 0 Å². The van der Waals surface area contributed by atoms with Crippen LogP contribution in [-0.4, -0.2) is 41.0 Å². The molecule has 3 heterocycles. The first-order valence-electron chi connectivity index (χ1n) is 7.05. The molecule has 134 valence electrons. The maximum absolute atomic E-state index is 12.8. The van der Waals surface area contributed by atoms with Crippen LogP contribution in [0.2, 0.25) is 0 Å². The number of rotatable bonds is 3. The third-order valence-corrected chi connectivity index (χ3v) is 6.42. The van der Waals surface area contributed by atoms with Gasteiger partial charge in [0, 0.05) is 18.0 Å². The number of alkyl halides is 3. The van der Waals surface area contributed by atoms with Crippen LogP contribution in [0.15, 0.2) is 29.4 Å². The van der Waals surface area contributed by atoms with Crippen molar-refractivity contribution >= 4 is 37.1 Å². The lowest BCUT2D eigenvalue weighted by atomic mass is 10.2. The zero-order chi connectivity index (χ0) is 18.4. The molecule has 25 heavy (non-hydrogen) atoms. The summed E-state index contributed by atoms with van der Waals surface area (Å²) in [5.41, 5.74) is -0.683. The monoisotopic (exact) mass is 391 g/mol. The maximum Gasteiger partial charge on any atom is 0.417 e. The summed E-state index contributed by atoms with van der Waals surface area (Å²) in [6.45, 7) is 1.34. The van der Waals surface area contributed by atoms with Crippen LogP contribution in [0.5, 0.6) is 0 Å². The van der Waals surface area contributed by atoms with Crippen LogP contribution in [0.4, 0.5) is 13.2 Å². The summed E-state index contributed by atoms with van der Waals surface area (Å²) in [5, 5.41) is 10.6. The smallest absolute Gasteiger partial charge is 0.289 e. The molecule has 1 N–H and O–H groups in total. The quantitative estimate of drug-likeness (QED) is 0.866. The Hall–Kier alpha value is -1.98. The lowest BCUT2D eigenvalue weighted by molar-refractivity contribution is -0.137. The van der Waals surface area contributed by atoms with E-state index < -0.39 is 21.6 Å². The van der Waals surface area contributed by atoms with Crippen LogP contribution in [0, 0.1) is 0 Å². The van der Waals surface area contributed by atoms with Crippen LogP contribution in [0.25, 0.3) is 15.9 Å². The Morgan fingerprint density at radius 3 is 2.76 bits per heavy atom. The van der Waals surface area contributed by atoms with Crippen LogP contribution in [-0.2, 0) is 16.0 Å². The summed E-state index contributed by atoms with van der Waals surface area (Å²) in [6, 6.07) is 0.867. The molecule has 0 atom stereocenters. The van der Waals surface area contributed by atoms with Crippen molar-refractivity contribution in [3.05, 3.63) is 40.0 Å². The van der Waals surface area contributed by atoms with Gasteiger partial charge in [-0.25, -0.2) is 18.4 Å². The lowest BCUT2D eigenvalue weighted by Crippen LogP contribution is -2.22. The van der Waals surface area contributed by atoms with Gasteiger partial charge >= 0.3 is 6.18 Å².